The van der Waals surface area contributed by atoms with Crippen LogP contribution in [0.25, 0.3) is 0 Å². The third-order valence-corrected chi connectivity index (χ3v) is 2.74. The van der Waals surface area contributed by atoms with E-state index in [9.17, 15) is 10.1 Å². The van der Waals surface area contributed by atoms with Crippen molar-refractivity contribution in [3.8, 4) is 5.75 Å². The van der Waals surface area contributed by atoms with Gasteiger partial charge in [-0.05, 0) is 24.5 Å². The quantitative estimate of drug-likeness (QED) is 0.603. The van der Waals surface area contributed by atoms with Crippen molar-refractivity contribution in [2.45, 2.75) is 18.4 Å². The van der Waals surface area contributed by atoms with Crippen LogP contribution in [0, 0.1) is 10.1 Å². The molecule has 0 atom stereocenters. The van der Waals surface area contributed by atoms with Gasteiger partial charge in [0.25, 0.3) is 0 Å². The Morgan fingerprint density at radius 3 is 2.67 bits per heavy atom. The first kappa shape index (κ1) is 9.92. The Morgan fingerprint density at radius 1 is 1.53 bits per heavy atom. The van der Waals surface area contributed by atoms with Gasteiger partial charge in [0.2, 0.25) is 0 Å². The van der Waals surface area contributed by atoms with Crippen molar-refractivity contribution in [3.05, 3.63) is 33.9 Å². The second kappa shape index (κ2) is 3.20. The number of nitro benzene ring substituents is 1. The molecule has 1 aliphatic carbocycles. The zero-order valence-corrected chi connectivity index (χ0v) is 8.40. The zero-order valence-electron chi connectivity index (χ0n) is 8.40. The lowest BCUT2D eigenvalue weighted by Crippen LogP contribution is -2.18. The maximum absolute atomic E-state index is 10.8. The summed E-state index contributed by atoms with van der Waals surface area (Å²) in [5, 5.41) is 10.8. The summed E-state index contributed by atoms with van der Waals surface area (Å²) in [6.45, 7) is 0. The van der Waals surface area contributed by atoms with Crippen LogP contribution in [0.4, 0.5) is 5.69 Å². The highest BCUT2D eigenvalue weighted by atomic mass is 16.6. The molecule has 0 unspecified atom stereocenters. The third-order valence-electron chi connectivity index (χ3n) is 2.74. The summed E-state index contributed by atoms with van der Waals surface area (Å²) in [6, 6.07) is 4.89. The number of ether oxygens (including phenoxy) is 1. The van der Waals surface area contributed by atoms with E-state index in [1.54, 1.807) is 12.1 Å². The van der Waals surface area contributed by atoms with Crippen molar-refractivity contribution in [1.82, 2.24) is 0 Å². The molecule has 5 heteroatoms. The van der Waals surface area contributed by atoms with Crippen LogP contribution in [-0.4, -0.2) is 12.0 Å². The van der Waals surface area contributed by atoms with E-state index in [2.05, 4.69) is 0 Å². The highest BCUT2D eigenvalue weighted by molar-refractivity contribution is 5.51. The molecule has 0 aromatic heterocycles. The fraction of sp³-hybridized carbons (Fsp3) is 0.400. The molecule has 2 rings (SSSR count). The molecular formula is C10H12N2O3. The Bertz CT molecular complexity index is 413. The zero-order chi connectivity index (χ0) is 11.1. The van der Waals surface area contributed by atoms with Gasteiger partial charge >= 0.3 is 5.69 Å². The second-order valence-corrected chi connectivity index (χ2v) is 3.80. The maximum atomic E-state index is 10.8. The van der Waals surface area contributed by atoms with Crippen LogP contribution in [0.5, 0.6) is 5.75 Å². The van der Waals surface area contributed by atoms with Crippen molar-refractivity contribution in [1.29, 1.82) is 0 Å². The van der Waals surface area contributed by atoms with Crippen LogP contribution in [0.2, 0.25) is 0 Å². The highest BCUT2D eigenvalue weighted by Crippen LogP contribution is 2.44. The van der Waals surface area contributed by atoms with Gasteiger partial charge in [0.1, 0.15) is 0 Å². The first-order valence-electron chi connectivity index (χ1n) is 4.68. The molecule has 5 nitrogen and oxygen atoms in total. The normalized spacial score (nSPS) is 17.2. The number of hydrogen-bond donors (Lipinski definition) is 1. The summed E-state index contributed by atoms with van der Waals surface area (Å²) < 4.78 is 4.91. The first-order chi connectivity index (χ1) is 7.07. The average molecular weight is 208 g/mol. The van der Waals surface area contributed by atoms with E-state index in [0.29, 0.717) is 0 Å². The van der Waals surface area contributed by atoms with Crippen LogP contribution in [-0.2, 0) is 5.54 Å². The first-order valence-corrected chi connectivity index (χ1v) is 4.68. The van der Waals surface area contributed by atoms with Crippen LogP contribution < -0.4 is 10.5 Å². The second-order valence-electron chi connectivity index (χ2n) is 3.80. The van der Waals surface area contributed by atoms with Gasteiger partial charge < -0.3 is 10.5 Å². The van der Waals surface area contributed by atoms with E-state index >= 15 is 0 Å². The van der Waals surface area contributed by atoms with Crippen molar-refractivity contribution >= 4 is 5.69 Å². The average Bonchev–Trinajstić information content (AvgIpc) is 2.96. The van der Waals surface area contributed by atoms with Crippen LogP contribution in [0.3, 0.4) is 0 Å². The molecule has 0 radical (unpaired) electrons. The maximum Gasteiger partial charge on any atom is 0.311 e. The predicted octanol–water partition coefficient (Wildman–Crippen LogP) is 1.55. The Labute approximate surface area is 87.0 Å². The molecule has 0 saturated heterocycles. The van der Waals surface area contributed by atoms with Crippen LogP contribution >= 0.6 is 0 Å². The Morgan fingerprint density at radius 2 is 2.20 bits per heavy atom. The molecule has 0 heterocycles. The van der Waals surface area contributed by atoms with Gasteiger partial charge in [0.05, 0.1) is 12.0 Å². The summed E-state index contributed by atoms with van der Waals surface area (Å²) in [5.41, 5.74) is 6.41. The number of nitro groups is 1. The van der Waals surface area contributed by atoms with Gasteiger partial charge in [-0.25, -0.2) is 0 Å². The number of methoxy groups -OCH3 is 1. The number of nitrogens with two attached hydrogens (primary N) is 1. The molecule has 0 aliphatic heterocycles. The van der Waals surface area contributed by atoms with Crippen molar-refractivity contribution in [3.63, 3.8) is 0 Å². The molecule has 2 N–H and O–H groups in total. The van der Waals surface area contributed by atoms with Gasteiger partial charge in [-0.2, -0.15) is 0 Å². The van der Waals surface area contributed by atoms with Crippen LogP contribution in [0.1, 0.15) is 18.4 Å². The minimum atomic E-state index is -0.450. The summed E-state index contributed by atoms with van der Waals surface area (Å²) >= 11 is 0. The molecule has 80 valence electrons. The van der Waals surface area contributed by atoms with E-state index in [1.165, 1.54) is 13.2 Å². The van der Waals surface area contributed by atoms with E-state index in [1.807, 2.05) is 0 Å². The van der Waals surface area contributed by atoms with E-state index in [-0.39, 0.29) is 17.0 Å². The minimum absolute atomic E-state index is 0.0216. The molecule has 1 fully saturated rings. The smallest absolute Gasteiger partial charge is 0.311 e. The largest absolute Gasteiger partial charge is 0.490 e. The number of hydrogen-bond acceptors (Lipinski definition) is 4. The highest BCUT2D eigenvalue weighted by Gasteiger charge is 2.41. The number of rotatable bonds is 3. The molecule has 1 aromatic rings. The molecule has 1 saturated carbocycles. The molecular weight excluding hydrogens is 196 g/mol. The van der Waals surface area contributed by atoms with Gasteiger partial charge in [0.15, 0.2) is 5.75 Å². The number of benzene rings is 1. The predicted molar refractivity (Wildman–Crippen MR) is 54.7 cm³/mol. The number of nitrogens with zero attached hydrogens (tertiary/aromatic N) is 1. The summed E-state index contributed by atoms with van der Waals surface area (Å²) in [5.74, 6) is 0.271. The summed E-state index contributed by atoms with van der Waals surface area (Å²) in [7, 11) is 1.41. The molecule has 1 aliphatic rings. The Kier molecular flexibility index (Phi) is 2.12. The lowest BCUT2D eigenvalue weighted by molar-refractivity contribution is -0.385. The van der Waals surface area contributed by atoms with Gasteiger partial charge in [-0.3, -0.25) is 10.1 Å². The lowest BCUT2D eigenvalue weighted by atomic mass is 10.0. The fourth-order valence-corrected chi connectivity index (χ4v) is 1.57. The van der Waals surface area contributed by atoms with E-state index in [0.717, 1.165) is 18.4 Å². The third kappa shape index (κ3) is 1.66. The van der Waals surface area contributed by atoms with Crippen LogP contribution in [0.15, 0.2) is 18.2 Å². The standard InChI is InChI=1S/C10H12N2O3/c1-15-9-3-2-7(10(11)4-5-10)6-8(9)12(13)14/h2-3,6H,4-5,11H2,1H3. The Hall–Kier alpha value is -1.62. The van der Waals surface area contributed by atoms with Gasteiger partial charge in [-0.15, -0.1) is 0 Å². The van der Waals surface area contributed by atoms with E-state index in [4.69, 9.17) is 10.5 Å². The molecule has 1 aromatic carbocycles. The SMILES string of the molecule is COc1ccc(C2(N)CC2)cc1[N+](=O)[O-]. The van der Waals surface area contributed by atoms with Gasteiger partial charge in [-0.1, -0.05) is 6.07 Å². The molecule has 0 bridgehead atoms. The monoisotopic (exact) mass is 208 g/mol. The summed E-state index contributed by atoms with van der Waals surface area (Å²) in [6.07, 6.45) is 1.77. The lowest BCUT2D eigenvalue weighted by Gasteiger charge is -2.09. The minimum Gasteiger partial charge on any atom is -0.490 e. The molecule has 0 spiro atoms. The molecule has 0 amide bonds. The van der Waals surface area contributed by atoms with Crippen molar-refractivity contribution in [2.75, 3.05) is 7.11 Å². The van der Waals surface area contributed by atoms with Crippen molar-refractivity contribution < 1.29 is 9.66 Å². The molecule has 15 heavy (non-hydrogen) atoms. The topological polar surface area (TPSA) is 78.4 Å². The Balaban J connectivity index is 2.45. The van der Waals surface area contributed by atoms with Gasteiger partial charge in [0, 0.05) is 11.6 Å². The fourth-order valence-electron chi connectivity index (χ4n) is 1.57. The summed E-state index contributed by atoms with van der Waals surface area (Å²) in [4.78, 5) is 10.3. The van der Waals surface area contributed by atoms with E-state index < -0.39 is 4.92 Å². The van der Waals surface area contributed by atoms with Crippen molar-refractivity contribution in [2.24, 2.45) is 5.73 Å².